The Bertz CT molecular complexity index is 454. The second kappa shape index (κ2) is 4.17. The highest BCUT2D eigenvalue weighted by molar-refractivity contribution is 6.35. The lowest BCUT2D eigenvalue weighted by molar-refractivity contribution is 1.28. The monoisotopic (exact) mass is 194 g/mol. The molecular weight excluding hydrogens is 183 g/mol. The van der Waals surface area contributed by atoms with Crippen LogP contribution in [0.15, 0.2) is 42.6 Å². The first kappa shape index (κ1) is 9.78. The van der Waals surface area contributed by atoms with Gasteiger partial charge in [0, 0.05) is 11.9 Å². The third kappa shape index (κ3) is 2.37. The smallest absolute Gasteiger partial charge is 0.123 e. The van der Waals surface area contributed by atoms with E-state index in [1.165, 1.54) is 0 Å². The summed E-state index contributed by atoms with van der Waals surface area (Å²) < 4.78 is 0. The average molecular weight is 194 g/mol. The van der Waals surface area contributed by atoms with Gasteiger partial charge in [0.25, 0.3) is 0 Å². The van der Waals surface area contributed by atoms with Gasteiger partial charge in [-0.3, -0.25) is 0 Å². The summed E-state index contributed by atoms with van der Waals surface area (Å²) in [5.74, 6) is 0.701. The van der Waals surface area contributed by atoms with Crippen molar-refractivity contribution in [2.45, 2.75) is 6.92 Å². The van der Waals surface area contributed by atoms with Crippen LogP contribution in [0.4, 0.5) is 11.5 Å². The zero-order valence-electron chi connectivity index (χ0n) is 8.57. The largest absolute Gasteiger partial charge is 0.341 e. The summed E-state index contributed by atoms with van der Waals surface area (Å²) in [7, 11) is 5.84. The first-order valence-corrected chi connectivity index (χ1v) is 4.80. The Morgan fingerprint density at radius 2 is 1.93 bits per heavy atom. The molecule has 0 spiro atoms. The predicted octanol–water partition coefficient (Wildman–Crippen LogP) is 1.93. The molecule has 1 heterocycles. The summed E-state index contributed by atoms with van der Waals surface area (Å²) in [6.45, 7) is 1.97. The Balaban J connectivity index is 2.25. The maximum absolute atomic E-state index is 5.84. The van der Waals surface area contributed by atoms with Crippen molar-refractivity contribution in [3.05, 3.63) is 48.2 Å². The van der Waals surface area contributed by atoms with Crippen molar-refractivity contribution in [2.24, 2.45) is 0 Å². The lowest BCUT2D eigenvalue weighted by atomic mass is 9.95. The molecule has 2 radical (unpaired) electrons. The van der Waals surface area contributed by atoms with E-state index in [1.807, 2.05) is 43.3 Å². The summed E-state index contributed by atoms with van der Waals surface area (Å²) in [6, 6.07) is 11.7. The van der Waals surface area contributed by atoms with Gasteiger partial charge in [-0.15, -0.1) is 0 Å². The Labute approximate surface area is 90.8 Å². The maximum atomic E-state index is 5.84. The minimum absolute atomic E-state index is 0.666. The number of benzene rings is 1. The minimum Gasteiger partial charge on any atom is -0.341 e. The van der Waals surface area contributed by atoms with Gasteiger partial charge in [0.1, 0.15) is 13.7 Å². The second-order valence-electron chi connectivity index (χ2n) is 3.44. The number of rotatable bonds is 2. The standard InChI is InChI=1S/C12H11BN2/c1-9-7-11(13)12(14-8-9)15-10-5-3-2-4-6-10/h2-8H,1H3,(H,14,15). The molecule has 2 nitrogen and oxygen atoms in total. The van der Waals surface area contributed by atoms with Gasteiger partial charge in [-0.2, -0.15) is 0 Å². The van der Waals surface area contributed by atoms with Crippen molar-refractivity contribution < 1.29 is 0 Å². The number of aryl methyl sites for hydroxylation is 1. The molecule has 3 heteroatoms. The number of pyridine rings is 1. The van der Waals surface area contributed by atoms with Gasteiger partial charge in [-0.1, -0.05) is 29.7 Å². The molecule has 2 rings (SSSR count). The van der Waals surface area contributed by atoms with Gasteiger partial charge < -0.3 is 5.32 Å². The van der Waals surface area contributed by atoms with E-state index >= 15 is 0 Å². The Morgan fingerprint density at radius 3 is 2.60 bits per heavy atom. The number of para-hydroxylation sites is 1. The van der Waals surface area contributed by atoms with E-state index in [-0.39, 0.29) is 0 Å². The van der Waals surface area contributed by atoms with Gasteiger partial charge in [0.05, 0.1) is 0 Å². The molecule has 0 aliphatic rings. The molecule has 0 unspecified atom stereocenters. The number of aromatic nitrogens is 1. The highest BCUT2D eigenvalue weighted by Crippen LogP contribution is 2.11. The van der Waals surface area contributed by atoms with Crippen molar-refractivity contribution in [2.75, 3.05) is 5.32 Å². The number of nitrogens with zero attached hydrogens (tertiary/aromatic N) is 1. The van der Waals surface area contributed by atoms with Crippen LogP contribution in [0.5, 0.6) is 0 Å². The first-order chi connectivity index (χ1) is 7.25. The van der Waals surface area contributed by atoms with Crippen LogP contribution in [0.3, 0.4) is 0 Å². The summed E-state index contributed by atoms with van der Waals surface area (Å²) in [6.07, 6.45) is 1.79. The molecule has 0 fully saturated rings. The Kier molecular flexibility index (Phi) is 2.72. The molecule has 2 aromatic rings. The van der Waals surface area contributed by atoms with E-state index in [0.29, 0.717) is 11.3 Å². The first-order valence-electron chi connectivity index (χ1n) is 4.80. The molecule has 0 saturated heterocycles. The molecule has 1 aromatic carbocycles. The number of nitrogens with one attached hydrogen (secondary N) is 1. The number of anilines is 2. The van der Waals surface area contributed by atoms with Crippen LogP contribution in [0.2, 0.25) is 0 Å². The lowest BCUT2D eigenvalue weighted by Crippen LogP contribution is -2.11. The highest BCUT2D eigenvalue weighted by atomic mass is 15.0. The lowest BCUT2D eigenvalue weighted by Gasteiger charge is -2.08. The van der Waals surface area contributed by atoms with Crippen LogP contribution in [-0.4, -0.2) is 12.8 Å². The minimum atomic E-state index is 0.666. The van der Waals surface area contributed by atoms with Crippen molar-refractivity contribution in [3.8, 4) is 0 Å². The van der Waals surface area contributed by atoms with Gasteiger partial charge in [0.15, 0.2) is 0 Å². The van der Waals surface area contributed by atoms with Crippen LogP contribution in [0, 0.1) is 6.92 Å². The molecule has 1 N–H and O–H groups in total. The third-order valence-electron chi connectivity index (χ3n) is 2.09. The normalized spacial score (nSPS) is 9.93. The van der Waals surface area contributed by atoms with E-state index in [0.717, 1.165) is 11.3 Å². The van der Waals surface area contributed by atoms with Crippen LogP contribution in [0.25, 0.3) is 0 Å². The zero-order chi connectivity index (χ0) is 10.7. The van der Waals surface area contributed by atoms with Gasteiger partial charge in [-0.25, -0.2) is 4.98 Å². The number of hydrogen-bond donors (Lipinski definition) is 1. The van der Waals surface area contributed by atoms with Crippen LogP contribution in [0.1, 0.15) is 5.56 Å². The quantitative estimate of drug-likeness (QED) is 0.738. The van der Waals surface area contributed by atoms with E-state index in [2.05, 4.69) is 10.3 Å². The topological polar surface area (TPSA) is 24.9 Å². The van der Waals surface area contributed by atoms with Gasteiger partial charge >= 0.3 is 0 Å². The third-order valence-corrected chi connectivity index (χ3v) is 2.09. The fraction of sp³-hybridized carbons (Fsp3) is 0.0833. The summed E-state index contributed by atoms with van der Waals surface area (Å²) >= 11 is 0. The van der Waals surface area contributed by atoms with Crippen molar-refractivity contribution in [3.63, 3.8) is 0 Å². The fourth-order valence-corrected chi connectivity index (χ4v) is 1.35. The molecule has 15 heavy (non-hydrogen) atoms. The van der Waals surface area contributed by atoms with Crippen LogP contribution >= 0.6 is 0 Å². The van der Waals surface area contributed by atoms with E-state index in [4.69, 9.17) is 7.85 Å². The molecule has 72 valence electrons. The average Bonchev–Trinajstić information content (AvgIpc) is 2.24. The van der Waals surface area contributed by atoms with Crippen LogP contribution in [-0.2, 0) is 0 Å². The molecule has 0 aliphatic carbocycles. The van der Waals surface area contributed by atoms with Crippen molar-refractivity contribution >= 4 is 24.8 Å². The molecule has 0 saturated carbocycles. The molecule has 1 aromatic heterocycles. The van der Waals surface area contributed by atoms with Gasteiger partial charge in [0.2, 0.25) is 0 Å². The Hall–Kier alpha value is -1.77. The fourth-order valence-electron chi connectivity index (χ4n) is 1.35. The van der Waals surface area contributed by atoms with E-state index in [9.17, 15) is 0 Å². The molecule has 0 aliphatic heterocycles. The highest BCUT2D eigenvalue weighted by Gasteiger charge is 1.99. The van der Waals surface area contributed by atoms with E-state index < -0.39 is 0 Å². The summed E-state index contributed by atoms with van der Waals surface area (Å²) in [5.41, 5.74) is 2.71. The van der Waals surface area contributed by atoms with Gasteiger partial charge in [-0.05, 0) is 24.6 Å². The Morgan fingerprint density at radius 1 is 1.20 bits per heavy atom. The second-order valence-corrected chi connectivity index (χ2v) is 3.44. The van der Waals surface area contributed by atoms with E-state index in [1.54, 1.807) is 6.20 Å². The van der Waals surface area contributed by atoms with Crippen molar-refractivity contribution in [1.82, 2.24) is 4.98 Å². The van der Waals surface area contributed by atoms with Crippen molar-refractivity contribution in [1.29, 1.82) is 0 Å². The number of hydrogen-bond acceptors (Lipinski definition) is 2. The predicted molar refractivity (Wildman–Crippen MR) is 64.1 cm³/mol. The molecule has 0 atom stereocenters. The molecular formula is C12H11BN2. The molecule has 0 bridgehead atoms. The summed E-state index contributed by atoms with van der Waals surface area (Å²) in [4.78, 5) is 4.24. The molecule has 0 amide bonds. The van der Waals surface area contributed by atoms with Crippen LogP contribution < -0.4 is 10.8 Å². The SMILES string of the molecule is [B]c1cc(C)cnc1Nc1ccccc1. The zero-order valence-corrected chi connectivity index (χ0v) is 8.57. The maximum Gasteiger partial charge on any atom is 0.123 e. The summed E-state index contributed by atoms with van der Waals surface area (Å²) in [5, 5.41) is 3.16.